The van der Waals surface area contributed by atoms with Crippen LogP contribution < -0.4 is 15.0 Å². The smallest absolute Gasteiger partial charge is 0.260 e. The summed E-state index contributed by atoms with van der Waals surface area (Å²) in [5.41, 5.74) is 3.18. The summed E-state index contributed by atoms with van der Waals surface area (Å²) in [5.74, 6) is 0.188. The molecule has 0 saturated carbocycles. The molecular formula is C17H18N2O3. The number of carbonyl (C=O) groups excluding carboxylic acids is 1. The van der Waals surface area contributed by atoms with Gasteiger partial charge in [0.1, 0.15) is 0 Å². The molecule has 1 heterocycles. The van der Waals surface area contributed by atoms with E-state index in [1.165, 1.54) is 18.7 Å². The number of benzene rings is 2. The quantitative estimate of drug-likeness (QED) is 0.914. The maximum absolute atomic E-state index is 12.9. The number of phenolic OH excluding ortho intramolecular Hbond substituents is 1. The number of hydrogen-bond acceptors (Lipinski definition) is 4. The summed E-state index contributed by atoms with van der Waals surface area (Å²) in [4.78, 5) is 14.7. The lowest BCUT2D eigenvalue weighted by Gasteiger charge is -2.20. The van der Waals surface area contributed by atoms with Crippen LogP contribution in [-0.2, 0) is 6.42 Å². The van der Waals surface area contributed by atoms with Crippen LogP contribution >= 0.6 is 0 Å². The van der Waals surface area contributed by atoms with Crippen molar-refractivity contribution in [1.29, 1.82) is 0 Å². The molecule has 2 N–H and O–H groups in total. The topological polar surface area (TPSA) is 61.8 Å². The van der Waals surface area contributed by atoms with E-state index in [0.29, 0.717) is 17.8 Å². The maximum atomic E-state index is 12.9. The van der Waals surface area contributed by atoms with Crippen molar-refractivity contribution in [2.75, 3.05) is 30.9 Å². The first-order valence-corrected chi connectivity index (χ1v) is 7.14. The molecule has 0 saturated heterocycles. The van der Waals surface area contributed by atoms with Gasteiger partial charge in [-0.1, -0.05) is 18.2 Å². The highest BCUT2D eigenvalue weighted by Crippen LogP contribution is 2.35. The van der Waals surface area contributed by atoms with E-state index in [1.807, 2.05) is 24.3 Å². The number of fused-ring (bicyclic) bond motifs is 1. The minimum Gasteiger partial charge on any atom is -0.504 e. The molecule has 0 aliphatic carbocycles. The van der Waals surface area contributed by atoms with Crippen LogP contribution in [0.4, 0.5) is 11.4 Å². The molecule has 22 heavy (non-hydrogen) atoms. The SMILES string of the molecule is CNc1cc(O)c(OC)cc1C(=O)N1CCc2ccccc21. The first-order valence-electron chi connectivity index (χ1n) is 7.14. The monoisotopic (exact) mass is 298 g/mol. The average molecular weight is 298 g/mol. The Morgan fingerprint density at radius 2 is 2.09 bits per heavy atom. The second kappa shape index (κ2) is 5.60. The highest BCUT2D eigenvalue weighted by molar-refractivity contribution is 6.11. The Hall–Kier alpha value is -2.69. The van der Waals surface area contributed by atoms with Gasteiger partial charge in [-0.25, -0.2) is 0 Å². The third-order valence-corrected chi connectivity index (χ3v) is 3.95. The molecule has 5 nitrogen and oxygen atoms in total. The molecule has 0 spiro atoms. The third-order valence-electron chi connectivity index (χ3n) is 3.95. The molecule has 0 bridgehead atoms. The number of ether oxygens (including phenoxy) is 1. The first kappa shape index (κ1) is 14.3. The van der Waals surface area contributed by atoms with Gasteiger partial charge in [0.2, 0.25) is 0 Å². The molecule has 1 aliphatic heterocycles. The Morgan fingerprint density at radius 1 is 1.32 bits per heavy atom. The number of rotatable bonds is 3. The van der Waals surface area contributed by atoms with E-state index < -0.39 is 0 Å². The van der Waals surface area contributed by atoms with Gasteiger partial charge in [-0.15, -0.1) is 0 Å². The molecule has 2 aromatic carbocycles. The van der Waals surface area contributed by atoms with Crippen LogP contribution in [-0.4, -0.2) is 31.7 Å². The van der Waals surface area contributed by atoms with Crippen molar-refractivity contribution in [1.82, 2.24) is 0 Å². The summed E-state index contributed by atoms with van der Waals surface area (Å²) >= 11 is 0. The Labute approximate surface area is 129 Å². The van der Waals surface area contributed by atoms with Crippen LogP contribution in [0.3, 0.4) is 0 Å². The van der Waals surface area contributed by atoms with Crippen LogP contribution in [0.25, 0.3) is 0 Å². The molecule has 0 fully saturated rings. The normalized spacial score (nSPS) is 12.9. The number of carbonyl (C=O) groups is 1. The molecule has 0 unspecified atom stereocenters. The lowest BCUT2D eigenvalue weighted by molar-refractivity contribution is 0.0990. The van der Waals surface area contributed by atoms with E-state index in [1.54, 1.807) is 18.0 Å². The summed E-state index contributed by atoms with van der Waals surface area (Å²) in [6.07, 6.45) is 0.853. The maximum Gasteiger partial charge on any atom is 0.260 e. The lowest BCUT2D eigenvalue weighted by Crippen LogP contribution is -2.29. The van der Waals surface area contributed by atoms with Gasteiger partial charge in [0.15, 0.2) is 11.5 Å². The van der Waals surface area contributed by atoms with Crippen molar-refractivity contribution in [3.63, 3.8) is 0 Å². The van der Waals surface area contributed by atoms with Gasteiger partial charge >= 0.3 is 0 Å². The van der Waals surface area contributed by atoms with Crippen LogP contribution in [0.2, 0.25) is 0 Å². The molecule has 114 valence electrons. The van der Waals surface area contributed by atoms with Gasteiger partial charge in [-0.3, -0.25) is 4.79 Å². The number of anilines is 2. The summed E-state index contributed by atoms with van der Waals surface area (Å²) < 4.78 is 5.12. The molecule has 1 amide bonds. The van der Waals surface area contributed by atoms with Crippen molar-refractivity contribution in [3.05, 3.63) is 47.5 Å². The van der Waals surface area contributed by atoms with Crippen molar-refractivity contribution in [2.45, 2.75) is 6.42 Å². The van der Waals surface area contributed by atoms with Crippen molar-refractivity contribution in [3.8, 4) is 11.5 Å². The van der Waals surface area contributed by atoms with E-state index in [0.717, 1.165) is 12.1 Å². The van der Waals surface area contributed by atoms with Crippen LogP contribution in [0.5, 0.6) is 11.5 Å². The first-order chi connectivity index (χ1) is 10.7. The molecule has 0 atom stereocenters. The van der Waals surface area contributed by atoms with Crippen molar-refractivity contribution in [2.24, 2.45) is 0 Å². The highest BCUT2D eigenvalue weighted by Gasteiger charge is 2.27. The number of methoxy groups -OCH3 is 1. The van der Waals surface area contributed by atoms with Gasteiger partial charge in [0.25, 0.3) is 5.91 Å². The minimum absolute atomic E-state index is 0.00484. The van der Waals surface area contributed by atoms with E-state index in [2.05, 4.69) is 5.32 Å². The Bertz CT molecular complexity index is 728. The standard InChI is InChI=1S/C17H18N2O3/c1-18-13-10-15(20)16(22-2)9-12(13)17(21)19-8-7-11-5-3-4-6-14(11)19/h3-6,9-10,18,20H,7-8H2,1-2H3. The molecule has 5 heteroatoms. The van der Waals surface area contributed by atoms with E-state index >= 15 is 0 Å². The predicted molar refractivity (Wildman–Crippen MR) is 86.0 cm³/mol. The number of nitrogens with one attached hydrogen (secondary N) is 1. The predicted octanol–water partition coefficient (Wildman–Crippen LogP) is 2.65. The zero-order valence-electron chi connectivity index (χ0n) is 12.6. The van der Waals surface area contributed by atoms with Gasteiger partial charge in [0, 0.05) is 25.3 Å². The molecule has 1 aliphatic rings. The number of phenols is 1. The Balaban J connectivity index is 2.03. The summed E-state index contributed by atoms with van der Waals surface area (Å²) in [6, 6.07) is 11.0. The number of aromatic hydroxyl groups is 1. The average Bonchev–Trinajstić information content (AvgIpc) is 2.98. The zero-order chi connectivity index (χ0) is 15.7. The number of amides is 1. The fraction of sp³-hybridized carbons (Fsp3) is 0.235. The number of para-hydroxylation sites is 1. The second-order valence-corrected chi connectivity index (χ2v) is 5.16. The molecule has 0 radical (unpaired) electrons. The molecule has 3 rings (SSSR count). The Morgan fingerprint density at radius 3 is 2.82 bits per heavy atom. The third kappa shape index (κ3) is 2.24. The fourth-order valence-electron chi connectivity index (χ4n) is 2.81. The van der Waals surface area contributed by atoms with E-state index in [9.17, 15) is 9.90 Å². The molecule has 2 aromatic rings. The van der Waals surface area contributed by atoms with Gasteiger partial charge in [0.05, 0.1) is 18.4 Å². The summed E-state index contributed by atoms with van der Waals surface area (Å²) in [6.45, 7) is 0.657. The van der Waals surface area contributed by atoms with Crippen molar-refractivity contribution < 1.29 is 14.6 Å². The Kier molecular flexibility index (Phi) is 3.63. The number of hydrogen-bond donors (Lipinski definition) is 2. The van der Waals surface area contributed by atoms with Crippen LogP contribution in [0.1, 0.15) is 15.9 Å². The fourth-order valence-corrected chi connectivity index (χ4v) is 2.81. The van der Waals surface area contributed by atoms with Gasteiger partial charge in [-0.2, -0.15) is 0 Å². The summed E-state index contributed by atoms with van der Waals surface area (Å²) in [7, 11) is 3.18. The summed E-state index contributed by atoms with van der Waals surface area (Å²) in [5, 5.41) is 12.8. The van der Waals surface area contributed by atoms with Gasteiger partial charge < -0.3 is 20.1 Å². The molecule has 0 aromatic heterocycles. The van der Waals surface area contributed by atoms with E-state index in [4.69, 9.17) is 4.74 Å². The molecular weight excluding hydrogens is 280 g/mol. The lowest BCUT2D eigenvalue weighted by atomic mass is 10.1. The van der Waals surface area contributed by atoms with Gasteiger partial charge in [-0.05, 0) is 24.1 Å². The highest BCUT2D eigenvalue weighted by atomic mass is 16.5. The largest absolute Gasteiger partial charge is 0.504 e. The minimum atomic E-state index is -0.104. The zero-order valence-corrected chi connectivity index (χ0v) is 12.6. The number of nitrogens with zero attached hydrogens (tertiary/aromatic N) is 1. The van der Waals surface area contributed by atoms with Crippen LogP contribution in [0, 0.1) is 0 Å². The second-order valence-electron chi connectivity index (χ2n) is 5.16. The van der Waals surface area contributed by atoms with Crippen LogP contribution in [0.15, 0.2) is 36.4 Å². The van der Waals surface area contributed by atoms with E-state index in [-0.39, 0.29) is 17.4 Å². The van der Waals surface area contributed by atoms with Crippen molar-refractivity contribution >= 4 is 17.3 Å².